The van der Waals surface area contributed by atoms with Gasteiger partial charge in [0.05, 0.1) is 19.8 Å². The van der Waals surface area contributed by atoms with E-state index in [9.17, 15) is 0 Å². The van der Waals surface area contributed by atoms with Gasteiger partial charge in [-0.25, -0.2) is 0 Å². The van der Waals surface area contributed by atoms with E-state index in [2.05, 4.69) is 21.9 Å². The molecule has 18 heavy (non-hydrogen) atoms. The molecule has 0 spiro atoms. The summed E-state index contributed by atoms with van der Waals surface area (Å²) in [6, 6.07) is 0. The van der Waals surface area contributed by atoms with Crippen LogP contribution in [0.25, 0.3) is 0 Å². The molecule has 6 heteroatoms. The Bertz CT molecular complexity index is 204. The van der Waals surface area contributed by atoms with Gasteiger partial charge >= 0.3 is 0 Å². The highest BCUT2D eigenvalue weighted by Crippen LogP contribution is 1.97. The van der Waals surface area contributed by atoms with Gasteiger partial charge in [0.2, 0.25) is 0 Å². The van der Waals surface area contributed by atoms with Crippen molar-refractivity contribution in [2.75, 3.05) is 59.1 Å². The van der Waals surface area contributed by atoms with Crippen LogP contribution in [-0.4, -0.2) is 65.0 Å². The zero-order chi connectivity index (χ0) is 13.5. The largest absolute Gasteiger partial charge is 0.382 e. The van der Waals surface area contributed by atoms with Crippen LogP contribution in [0.1, 0.15) is 12.8 Å². The highest BCUT2D eigenvalue weighted by molar-refractivity contribution is 7.98. The van der Waals surface area contributed by atoms with E-state index in [4.69, 9.17) is 9.47 Å². The summed E-state index contributed by atoms with van der Waals surface area (Å²) in [7, 11) is 3.45. The minimum absolute atomic E-state index is 0.638. The minimum Gasteiger partial charge on any atom is -0.382 e. The van der Waals surface area contributed by atoms with Crippen molar-refractivity contribution >= 4 is 17.7 Å². The van der Waals surface area contributed by atoms with Crippen LogP contribution in [0.2, 0.25) is 0 Å². The third-order valence-corrected chi connectivity index (χ3v) is 2.96. The lowest BCUT2D eigenvalue weighted by Crippen LogP contribution is -2.39. The van der Waals surface area contributed by atoms with Gasteiger partial charge in [-0.15, -0.1) is 0 Å². The highest BCUT2D eigenvalue weighted by Gasteiger charge is 1.96. The molecule has 0 saturated heterocycles. The summed E-state index contributed by atoms with van der Waals surface area (Å²) in [5.41, 5.74) is 0. The molecule has 5 nitrogen and oxygen atoms in total. The second-order valence-corrected chi connectivity index (χ2v) is 4.72. The van der Waals surface area contributed by atoms with E-state index < -0.39 is 0 Å². The van der Waals surface area contributed by atoms with E-state index in [1.165, 1.54) is 18.6 Å². The Morgan fingerprint density at radius 3 is 2.56 bits per heavy atom. The maximum Gasteiger partial charge on any atom is 0.191 e. The van der Waals surface area contributed by atoms with Gasteiger partial charge in [-0.1, -0.05) is 0 Å². The van der Waals surface area contributed by atoms with Crippen LogP contribution in [0.3, 0.4) is 0 Å². The van der Waals surface area contributed by atoms with Gasteiger partial charge in [-0.2, -0.15) is 11.8 Å². The van der Waals surface area contributed by atoms with E-state index in [0.29, 0.717) is 19.8 Å². The number of hydrogen-bond donors (Lipinski definition) is 2. The van der Waals surface area contributed by atoms with Crippen LogP contribution >= 0.6 is 11.8 Å². The summed E-state index contributed by atoms with van der Waals surface area (Å²) in [6.45, 7) is 3.66. The highest BCUT2D eigenvalue weighted by atomic mass is 32.2. The van der Waals surface area contributed by atoms with Gasteiger partial charge in [0.1, 0.15) is 0 Å². The molecule has 0 fully saturated rings. The number of rotatable bonds is 11. The van der Waals surface area contributed by atoms with Crippen LogP contribution in [-0.2, 0) is 9.47 Å². The molecular formula is C12H27N3O2S. The third kappa shape index (κ3) is 12.0. The Hall–Kier alpha value is -0.460. The average Bonchev–Trinajstić information content (AvgIpc) is 2.40. The Kier molecular flexibility index (Phi) is 14.2. The van der Waals surface area contributed by atoms with Crippen LogP contribution in [0.5, 0.6) is 0 Å². The summed E-state index contributed by atoms with van der Waals surface area (Å²) >= 11 is 1.89. The molecule has 0 amide bonds. The van der Waals surface area contributed by atoms with Crippen LogP contribution < -0.4 is 10.6 Å². The first-order chi connectivity index (χ1) is 8.85. The van der Waals surface area contributed by atoms with Crippen molar-refractivity contribution in [2.24, 2.45) is 4.99 Å². The standard InChI is InChI=1S/C12H27N3O2S/c1-13-12(14-6-4-5-11-18-3)15-7-8-17-10-9-16-2/h4-11H2,1-3H3,(H2,13,14,15). The molecule has 0 radical (unpaired) electrons. The van der Waals surface area contributed by atoms with Crippen LogP contribution in [0, 0.1) is 0 Å². The second-order valence-electron chi connectivity index (χ2n) is 3.73. The first-order valence-electron chi connectivity index (χ1n) is 6.35. The predicted molar refractivity (Wildman–Crippen MR) is 79.7 cm³/mol. The first-order valence-corrected chi connectivity index (χ1v) is 7.74. The van der Waals surface area contributed by atoms with Gasteiger partial charge < -0.3 is 20.1 Å². The maximum absolute atomic E-state index is 5.35. The predicted octanol–water partition coefficient (Wildman–Crippen LogP) is 0.958. The molecule has 0 rings (SSSR count). The zero-order valence-corrected chi connectivity index (χ0v) is 12.6. The molecule has 0 unspecified atom stereocenters. The van der Waals surface area contributed by atoms with Crippen molar-refractivity contribution in [2.45, 2.75) is 12.8 Å². The Morgan fingerprint density at radius 2 is 1.89 bits per heavy atom. The molecule has 0 aliphatic carbocycles. The zero-order valence-electron chi connectivity index (χ0n) is 11.8. The Balaban J connectivity index is 3.36. The Labute approximate surface area is 115 Å². The first kappa shape index (κ1) is 17.5. The normalized spacial score (nSPS) is 11.6. The third-order valence-electron chi connectivity index (χ3n) is 2.26. The van der Waals surface area contributed by atoms with Crippen molar-refractivity contribution in [1.29, 1.82) is 0 Å². The second kappa shape index (κ2) is 14.6. The Morgan fingerprint density at radius 1 is 1.11 bits per heavy atom. The molecule has 0 heterocycles. The number of guanidine groups is 1. The maximum atomic E-state index is 5.35. The summed E-state index contributed by atoms with van der Waals surface area (Å²) in [5, 5.41) is 6.48. The lowest BCUT2D eigenvalue weighted by Gasteiger charge is -2.11. The smallest absolute Gasteiger partial charge is 0.191 e. The van der Waals surface area contributed by atoms with Gasteiger partial charge in [0.15, 0.2) is 5.96 Å². The number of thioether (sulfide) groups is 1. The number of ether oxygens (including phenoxy) is 2. The van der Waals surface area contributed by atoms with Gasteiger partial charge in [-0.3, -0.25) is 4.99 Å². The fraction of sp³-hybridized carbons (Fsp3) is 0.917. The number of nitrogens with one attached hydrogen (secondary N) is 2. The van der Waals surface area contributed by atoms with Crippen molar-refractivity contribution < 1.29 is 9.47 Å². The van der Waals surface area contributed by atoms with E-state index >= 15 is 0 Å². The number of methoxy groups -OCH3 is 1. The molecular weight excluding hydrogens is 250 g/mol. The summed E-state index contributed by atoms with van der Waals surface area (Å²) < 4.78 is 10.2. The molecule has 2 N–H and O–H groups in total. The lowest BCUT2D eigenvalue weighted by molar-refractivity contribution is 0.0733. The minimum atomic E-state index is 0.638. The van der Waals surface area contributed by atoms with Gasteiger partial charge in [-0.05, 0) is 24.9 Å². The van der Waals surface area contributed by atoms with Crippen LogP contribution in [0.4, 0.5) is 0 Å². The fourth-order valence-corrected chi connectivity index (χ4v) is 1.78. The monoisotopic (exact) mass is 277 g/mol. The molecule has 0 saturated carbocycles. The summed E-state index contributed by atoms with van der Waals surface area (Å²) in [6.07, 6.45) is 4.55. The molecule has 0 aliphatic heterocycles. The van der Waals surface area contributed by atoms with Gasteiger partial charge in [0.25, 0.3) is 0 Å². The number of hydrogen-bond acceptors (Lipinski definition) is 4. The molecule has 0 aromatic rings. The quantitative estimate of drug-likeness (QED) is 0.335. The molecule has 108 valence electrons. The molecule has 0 aliphatic rings. The fourth-order valence-electron chi connectivity index (χ4n) is 1.28. The topological polar surface area (TPSA) is 54.9 Å². The molecule has 0 aromatic heterocycles. The van der Waals surface area contributed by atoms with Crippen molar-refractivity contribution in [3.8, 4) is 0 Å². The number of nitrogens with zero attached hydrogens (tertiary/aromatic N) is 1. The van der Waals surface area contributed by atoms with E-state index in [0.717, 1.165) is 19.0 Å². The average molecular weight is 277 g/mol. The molecule has 0 bridgehead atoms. The SMILES string of the molecule is CN=C(NCCCCSC)NCCOCCOC. The van der Waals surface area contributed by atoms with E-state index in [1.54, 1.807) is 14.2 Å². The van der Waals surface area contributed by atoms with Crippen molar-refractivity contribution in [3.63, 3.8) is 0 Å². The number of unbranched alkanes of at least 4 members (excludes halogenated alkanes) is 1. The molecule has 0 aromatic carbocycles. The summed E-state index contributed by atoms with van der Waals surface area (Å²) in [4.78, 5) is 4.15. The lowest BCUT2D eigenvalue weighted by atomic mass is 10.3. The van der Waals surface area contributed by atoms with E-state index in [1.807, 2.05) is 11.8 Å². The van der Waals surface area contributed by atoms with Crippen molar-refractivity contribution in [1.82, 2.24) is 10.6 Å². The van der Waals surface area contributed by atoms with Crippen LogP contribution in [0.15, 0.2) is 4.99 Å². The van der Waals surface area contributed by atoms with Gasteiger partial charge in [0, 0.05) is 27.2 Å². The molecule has 0 atom stereocenters. The van der Waals surface area contributed by atoms with E-state index in [-0.39, 0.29) is 0 Å². The number of aliphatic imine (C=N–C) groups is 1. The summed E-state index contributed by atoms with van der Waals surface area (Å²) in [5.74, 6) is 2.07. The van der Waals surface area contributed by atoms with Crippen molar-refractivity contribution in [3.05, 3.63) is 0 Å².